The highest BCUT2D eigenvalue weighted by Crippen LogP contribution is 2.54. The maximum atomic E-state index is 2.38. The van der Waals surface area contributed by atoms with Crippen LogP contribution < -0.4 is 0 Å². The zero-order chi connectivity index (χ0) is 7.07. The first-order valence-electron chi connectivity index (χ1n) is 4.02. The van der Waals surface area contributed by atoms with E-state index < -0.39 is 0 Å². The second-order valence-corrected chi connectivity index (χ2v) is 4.52. The summed E-state index contributed by atoms with van der Waals surface area (Å²) in [6, 6.07) is 0. The molecule has 1 saturated carbocycles. The predicted molar refractivity (Wildman–Crippen MR) is 48.1 cm³/mol. The van der Waals surface area contributed by atoms with Crippen LogP contribution in [-0.4, -0.2) is 0 Å². The predicted octanol–water partition coefficient (Wildman–Crippen LogP) is 3.71. The summed E-state index contributed by atoms with van der Waals surface area (Å²) in [6.45, 7) is 9.38. The van der Waals surface area contributed by atoms with Crippen LogP contribution >= 0.6 is 0 Å². The normalized spacial score (nSPS) is 27.9. The molecule has 0 heterocycles. The molecule has 1 rings (SSSR count). The van der Waals surface area contributed by atoms with Crippen molar-refractivity contribution in [2.75, 3.05) is 0 Å². The molecule has 1 aliphatic rings. The zero-order valence-electron chi connectivity index (χ0n) is 7.07. The Balaban J connectivity index is 0.000000810. The Hall–Kier alpha value is 0. The number of rotatable bonds is 2. The molecule has 0 aromatic heterocycles. The van der Waals surface area contributed by atoms with E-state index in [2.05, 4.69) is 27.7 Å². The summed E-state index contributed by atoms with van der Waals surface area (Å²) < 4.78 is 0. The van der Waals surface area contributed by atoms with Gasteiger partial charge in [0, 0.05) is 0 Å². The molecule has 10 heavy (non-hydrogen) atoms. The van der Waals surface area contributed by atoms with Crippen molar-refractivity contribution < 1.29 is 0 Å². The van der Waals surface area contributed by atoms with Crippen LogP contribution in [0.25, 0.3) is 0 Å². The van der Waals surface area contributed by atoms with Crippen molar-refractivity contribution in [3.63, 3.8) is 0 Å². The van der Waals surface area contributed by atoms with E-state index in [-0.39, 0.29) is 7.43 Å². The average Bonchev–Trinajstić information content (AvgIpc) is 2.10. The molecule has 0 radical (unpaired) electrons. The second-order valence-electron chi connectivity index (χ2n) is 4.52. The summed E-state index contributed by atoms with van der Waals surface area (Å²) in [5, 5.41) is 0. The second kappa shape index (κ2) is 2.94. The van der Waals surface area contributed by atoms with Gasteiger partial charge in [-0.05, 0) is 30.1 Å². The lowest BCUT2D eigenvalue weighted by atomic mass is 10.0. The van der Waals surface area contributed by atoms with Crippen LogP contribution in [0.1, 0.15) is 48.0 Å². The molecule has 0 aromatic carbocycles. The topological polar surface area (TPSA) is 0 Å². The summed E-state index contributed by atoms with van der Waals surface area (Å²) >= 11 is 0. The Labute approximate surface area is 66.0 Å². The molecule has 62 valence electrons. The third-order valence-corrected chi connectivity index (χ3v) is 2.47. The molecule has 0 N–H and O–H groups in total. The highest BCUT2D eigenvalue weighted by molar-refractivity contribution is 4.94. The molecule has 1 unspecified atom stereocenters. The standard InChI is InChI=1S/C9H18.CH4/c1-7(2)5-8-6-9(8,3)4;/h7-8H,5-6H2,1-4H3;1H4. The van der Waals surface area contributed by atoms with Crippen LogP contribution in [0.15, 0.2) is 0 Å². The summed E-state index contributed by atoms with van der Waals surface area (Å²) in [5.41, 5.74) is 0.699. The van der Waals surface area contributed by atoms with Crippen LogP contribution in [0, 0.1) is 17.3 Å². The summed E-state index contributed by atoms with van der Waals surface area (Å²) in [5.74, 6) is 1.94. The van der Waals surface area contributed by atoms with E-state index in [1.165, 1.54) is 12.8 Å². The van der Waals surface area contributed by atoms with Crippen LogP contribution in [0.4, 0.5) is 0 Å². The first kappa shape index (κ1) is 10.0. The fourth-order valence-electron chi connectivity index (χ4n) is 1.55. The Morgan fingerprint density at radius 2 is 1.80 bits per heavy atom. The van der Waals surface area contributed by atoms with E-state index >= 15 is 0 Å². The van der Waals surface area contributed by atoms with Gasteiger partial charge in [-0.2, -0.15) is 0 Å². The van der Waals surface area contributed by atoms with Crippen molar-refractivity contribution in [1.29, 1.82) is 0 Å². The van der Waals surface area contributed by atoms with Gasteiger partial charge in [-0.3, -0.25) is 0 Å². The number of hydrogen-bond acceptors (Lipinski definition) is 0. The van der Waals surface area contributed by atoms with E-state index in [0.29, 0.717) is 5.41 Å². The lowest BCUT2D eigenvalue weighted by molar-refractivity contribution is 0.462. The highest BCUT2D eigenvalue weighted by Gasteiger charge is 2.44. The van der Waals surface area contributed by atoms with E-state index in [1.54, 1.807) is 0 Å². The van der Waals surface area contributed by atoms with E-state index in [0.717, 1.165) is 11.8 Å². The molecular weight excluding hydrogens is 120 g/mol. The Morgan fingerprint density at radius 1 is 1.40 bits per heavy atom. The molecule has 0 nitrogen and oxygen atoms in total. The molecule has 1 aliphatic carbocycles. The molecule has 0 aromatic rings. The van der Waals surface area contributed by atoms with E-state index in [1.807, 2.05) is 0 Å². The molecule has 0 aliphatic heterocycles. The van der Waals surface area contributed by atoms with Crippen molar-refractivity contribution in [1.82, 2.24) is 0 Å². The van der Waals surface area contributed by atoms with Gasteiger partial charge >= 0.3 is 0 Å². The summed E-state index contributed by atoms with van der Waals surface area (Å²) in [6.07, 6.45) is 2.90. The molecular formula is C10H22. The molecule has 0 bridgehead atoms. The van der Waals surface area contributed by atoms with Crippen LogP contribution in [0.3, 0.4) is 0 Å². The third-order valence-electron chi connectivity index (χ3n) is 2.47. The average molecular weight is 142 g/mol. The van der Waals surface area contributed by atoms with Crippen molar-refractivity contribution in [3.05, 3.63) is 0 Å². The van der Waals surface area contributed by atoms with Crippen LogP contribution in [-0.2, 0) is 0 Å². The third kappa shape index (κ3) is 2.32. The monoisotopic (exact) mass is 142 g/mol. The highest BCUT2D eigenvalue weighted by atomic mass is 14.5. The first-order chi connectivity index (χ1) is 4.02. The van der Waals surface area contributed by atoms with Gasteiger partial charge in [0.2, 0.25) is 0 Å². The van der Waals surface area contributed by atoms with Gasteiger partial charge in [-0.25, -0.2) is 0 Å². The largest absolute Gasteiger partial charge is 0.0776 e. The molecule has 1 fully saturated rings. The van der Waals surface area contributed by atoms with Gasteiger partial charge < -0.3 is 0 Å². The zero-order valence-corrected chi connectivity index (χ0v) is 7.07. The minimum absolute atomic E-state index is 0. The van der Waals surface area contributed by atoms with Gasteiger partial charge in [0.25, 0.3) is 0 Å². The van der Waals surface area contributed by atoms with Gasteiger partial charge in [0.15, 0.2) is 0 Å². The maximum Gasteiger partial charge on any atom is -0.0323 e. The van der Waals surface area contributed by atoms with Crippen LogP contribution in [0.5, 0.6) is 0 Å². The molecule has 0 heteroatoms. The SMILES string of the molecule is C.CC(C)CC1CC1(C)C. The quantitative estimate of drug-likeness (QED) is 0.551. The molecule has 0 spiro atoms. The summed E-state index contributed by atoms with van der Waals surface area (Å²) in [4.78, 5) is 0. The number of hydrogen-bond donors (Lipinski definition) is 0. The maximum absolute atomic E-state index is 2.38. The fourth-order valence-corrected chi connectivity index (χ4v) is 1.55. The van der Waals surface area contributed by atoms with Crippen molar-refractivity contribution >= 4 is 0 Å². The van der Waals surface area contributed by atoms with Gasteiger partial charge in [-0.1, -0.05) is 35.1 Å². The smallest absolute Gasteiger partial charge is 0.0323 e. The Kier molecular flexibility index (Phi) is 2.94. The van der Waals surface area contributed by atoms with Gasteiger partial charge in [-0.15, -0.1) is 0 Å². The van der Waals surface area contributed by atoms with Crippen molar-refractivity contribution in [2.24, 2.45) is 17.3 Å². The molecule has 0 amide bonds. The lowest BCUT2D eigenvalue weighted by Gasteiger charge is -2.04. The Bertz CT molecular complexity index is 101. The molecule has 1 atom stereocenters. The summed E-state index contributed by atoms with van der Waals surface area (Å²) in [7, 11) is 0. The minimum Gasteiger partial charge on any atom is -0.0776 e. The Morgan fingerprint density at radius 3 is 1.90 bits per heavy atom. The van der Waals surface area contributed by atoms with E-state index in [4.69, 9.17) is 0 Å². The van der Waals surface area contributed by atoms with Gasteiger partial charge in [0.1, 0.15) is 0 Å². The molecule has 0 saturated heterocycles. The van der Waals surface area contributed by atoms with E-state index in [9.17, 15) is 0 Å². The first-order valence-corrected chi connectivity index (χ1v) is 4.02. The lowest BCUT2D eigenvalue weighted by Crippen LogP contribution is -1.94. The van der Waals surface area contributed by atoms with Crippen molar-refractivity contribution in [3.8, 4) is 0 Å². The minimum atomic E-state index is 0. The van der Waals surface area contributed by atoms with Gasteiger partial charge in [0.05, 0.1) is 0 Å². The van der Waals surface area contributed by atoms with Crippen LogP contribution in [0.2, 0.25) is 0 Å². The van der Waals surface area contributed by atoms with Crippen molar-refractivity contribution in [2.45, 2.75) is 48.0 Å². The fraction of sp³-hybridized carbons (Fsp3) is 1.00.